The molecule has 106 valence electrons. The zero-order chi connectivity index (χ0) is 14.1. The molecule has 1 aromatic carbocycles. The van der Waals surface area contributed by atoms with Gasteiger partial charge in [-0.2, -0.15) is 0 Å². The van der Waals surface area contributed by atoms with E-state index in [-0.39, 0.29) is 13.3 Å². The number of hydrogen-bond donors (Lipinski definition) is 2. The summed E-state index contributed by atoms with van der Waals surface area (Å²) in [5.41, 5.74) is 0. The van der Waals surface area contributed by atoms with E-state index in [1.807, 2.05) is 0 Å². The van der Waals surface area contributed by atoms with Crippen molar-refractivity contribution >= 4 is 16.6 Å². The van der Waals surface area contributed by atoms with E-state index in [4.69, 9.17) is 14.6 Å². The minimum absolute atomic E-state index is 0.159. The molecule has 2 heterocycles. The van der Waals surface area contributed by atoms with E-state index in [9.17, 15) is 8.78 Å². The second-order valence-electron chi connectivity index (χ2n) is 4.37. The fourth-order valence-electron chi connectivity index (χ4n) is 1.99. The average Bonchev–Trinajstić information content (AvgIpc) is 2.89. The summed E-state index contributed by atoms with van der Waals surface area (Å²) in [5.74, 6) is 1.64. The number of aromatic nitrogens is 1. The fourth-order valence-corrected chi connectivity index (χ4v) is 1.99. The number of pyridine rings is 1. The Bertz CT molecular complexity index is 636. The lowest BCUT2D eigenvalue weighted by atomic mass is 10.1. The third-order valence-electron chi connectivity index (χ3n) is 3.03. The van der Waals surface area contributed by atoms with Crippen LogP contribution in [0.5, 0.6) is 11.5 Å². The van der Waals surface area contributed by atoms with Crippen molar-refractivity contribution in [1.29, 1.82) is 0 Å². The highest BCUT2D eigenvalue weighted by atomic mass is 19.3. The number of alkyl halides is 2. The van der Waals surface area contributed by atoms with Gasteiger partial charge in [0.05, 0.1) is 0 Å². The average molecular weight is 282 g/mol. The molecule has 0 fully saturated rings. The zero-order valence-corrected chi connectivity index (χ0v) is 10.3. The van der Waals surface area contributed by atoms with Crippen LogP contribution in [-0.4, -0.2) is 36.0 Å². The standard InChI is InChI=1S/C13H12F2N2O3/c14-12(15)9(18)5-17-13-8-4-11-10(19-6-20-11)3-7(8)1-2-16-13/h1-4,9,12,18H,5-6H2,(H,16,17). The largest absolute Gasteiger partial charge is 0.454 e. The molecule has 0 spiro atoms. The lowest BCUT2D eigenvalue weighted by Gasteiger charge is -2.13. The van der Waals surface area contributed by atoms with Crippen molar-refractivity contribution in [2.45, 2.75) is 12.5 Å². The fraction of sp³-hybridized carbons (Fsp3) is 0.308. The summed E-state index contributed by atoms with van der Waals surface area (Å²) >= 11 is 0. The predicted molar refractivity (Wildman–Crippen MR) is 68.4 cm³/mol. The summed E-state index contributed by atoms with van der Waals surface area (Å²) in [6.07, 6.45) is -2.97. The van der Waals surface area contributed by atoms with Gasteiger partial charge < -0.3 is 19.9 Å². The number of hydrogen-bond acceptors (Lipinski definition) is 5. The van der Waals surface area contributed by atoms with Crippen LogP contribution in [0.4, 0.5) is 14.6 Å². The monoisotopic (exact) mass is 282 g/mol. The molecule has 1 aromatic heterocycles. The predicted octanol–water partition coefficient (Wildman–Crippen LogP) is 2.00. The molecule has 1 unspecified atom stereocenters. The first-order chi connectivity index (χ1) is 9.65. The van der Waals surface area contributed by atoms with E-state index < -0.39 is 12.5 Å². The normalized spacial score (nSPS) is 14.8. The summed E-state index contributed by atoms with van der Waals surface area (Å²) in [7, 11) is 0. The van der Waals surface area contributed by atoms with Gasteiger partial charge in [0.25, 0.3) is 6.43 Å². The van der Waals surface area contributed by atoms with E-state index >= 15 is 0 Å². The van der Waals surface area contributed by atoms with Crippen LogP contribution >= 0.6 is 0 Å². The summed E-state index contributed by atoms with van der Waals surface area (Å²) < 4.78 is 35.1. The molecule has 0 radical (unpaired) electrons. The molecule has 5 nitrogen and oxygen atoms in total. The molecular weight excluding hydrogens is 270 g/mol. The number of halogens is 2. The van der Waals surface area contributed by atoms with Crippen molar-refractivity contribution in [3.05, 3.63) is 24.4 Å². The van der Waals surface area contributed by atoms with E-state index in [0.717, 1.165) is 10.8 Å². The molecule has 20 heavy (non-hydrogen) atoms. The van der Waals surface area contributed by atoms with Crippen molar-refractivity contribution in [3.8, 4) is 11.5 Å². The maximum atomic E-state index is 12.3. The summed E-state index contributed by atoms with van der Waals surface area (Å²) in [4.78, 5) is 4.10. The number of aliphatic hydroxyl groups is 1. The molecule has 2 N–H and O–H groups in total. The quantitative estimate of drug-likeness (QED) is 0.898. The Kier molecular flexibility index (Phi) is 3.27. The van der Waals surface area contributed by atoms with Crippen LogP contribution < -0.4 is 14.8 Å². The molecule has 7 heteroatoms. The Morgan fingerprint density at radius 2 is 2.05 bits per heavy atom. The van der Waals surface area contributed by atoms with Gasteiger partial charge in [-0.25, -0.2) is 13.8 Å². The van der Waals surface area contributed by atoms with Gasteiger partial charge in [-0.1, -0.05) is 0 Å². The number of aliphatic hydroxyl groups excluding tert-OH is 1. The van der Waals surface area contributed by atoms with Gasteiger partial charge in [0.1, 0.15) is 11.9 Å². The summed E-state index contributed by atoms with van der Waals surface area (Å²) in [6, 6.07) is 5.32. The van der Waals surface area contributed by atoms with Gasteiger partial charge in [0.15, 0.2) is 11.5 Å². The SMILES string of the molecule is OC(CNc1nccc2cc3c(cc12)OCO3)C(F)F. The van der Waals surface area contributed by atoms with Crippen LogP contribution in [0.2, 0.25) is 0 Å². The minimum atomic E-state index is -2.79. The van der Waals surface area contributed by atoms with Crippen LogP contribution in [0.3, 0.4) is 0 Å². The lowest BCUT2D eigenvalue weighted by molar-refractivity contribution is 0.00382. The van der Waals surface area contributed by atoms with Gasteiger partial charge >= 0.3 is 0 Å². The Hall–Kier alpha value is -2.15. The number of nitrogens with one attached hydrogen (secondary N) is 1. The van der Waals surface area contributed by atoms with Crippen LogP contribution in [0.25, 0.3) is 10.8 Å². The van der Waals surface area contributed by atoms with Gasteiger partial charge in [0.2, 0.25) is 6.79 Å². The van der Waals surface area contributed by atoms with Gasteiger partial charge in [-0.3, -0.25) is 0 Å². The number of ether oxygens (including phenoxy) is 2. The third kappa shape index (κ3) is 2.32. The first-order valence-corrected chi connectivity index (χ1v) is 6.03. The number of rotatable bonds is 4. The minimum Gasteiger partial charge on any atom is -0.454 e. The molecule has 1 atom stereocenters. The van der Waals surface area contributed by atoms with Crippen molar-refractivity contribution in [2.75, 3.05) is 18.7 Å². The van der Waals surface area contributed by atoms with Crippen molar-refractivity contribution in [2.24, 2.45) is 0 Å². The molecule has 0 bridgehead atoms. The summed E-state index contributed by atoms with van der Waals surface area (Å²) in [5, 5.41) is 13.4. The first-order valence-electron chi connectivity index (χ1n) is 6.03. The van der Waals surface area contributed by atoms with Gasteiger partial charge in [-0.05, 0) is 23.6 Å². The van der Waals surface area contributed by atoms with E-state index in [1.54, 1.807) is 24.4 Å². The summed E-state index contributed by atoms with van der Waals surface area (Å²) in [6.45, 7) is -0.121. The molecule has 3 rings (SSSR count). The smallest absolute Gasteiger partial charge is 0.265 e. The molecule has 0 saturated carbocycles. The molecule has 1 aliphatic rings. The van der Waals surface area contributed by atoms with E-state index in [0.29, 0.717) is 17.3 Å². The Labute approximate surface area is 113 Å². The first kappa shape index (κ1) is 12.9. The molecule has 0 amide bonds. The highest BCUT2D eigenvalue weighted by Gasteiger charge is 2.18. The Balaban J connectivity index is 1.91. The van der Waals surface area contributed by atoms with Crippen LogP contribution in [0, 0.1) is 0 Å². The maximum Gasteiger partial charge on any atom is 0.265 e. The third-order valence-corrected chi connectivity index (χ3v) is 3.03. The van der Waals surface area contributed by atoms with Crippen molar-refractivity contribution in [3.63, 3.8) is 0 Å². The highest BCUT2D eigenvalue weighted by molar-refractivity contribution is 5.94. The zero-order valence-electron chi connectivity index (χ0n) is 10.3. The molecule has 0 aliphatic carbocycles. The molecular formula is C13H12F2N2O3. The maximum absolute atomic E-state index is 12.3. The number of fused-ring (bicyclic) bond motifs is 2. The number of benzene rings is 1. The van der Waals surface area contributed by atoms with Gasteiger partial charge in [-0.15, -0.1) is 0 Å². The Morgan fingerprint density at radius 1 is 1.30 bits per heavy atom. The topological polar surface area (TPSA) is 63.6 Å². The van der Waals surface area contributed by atoms with Crippen LogP contribution in [-0.2, 0) is 0 Å². The molecule has 2 aromatic rings. The highest BCUT2D eigenvalue weighted by Crippen LogP contribution is 2.37. The molecule has 0 saturated heterocycles. The van der Waals surface area contributed by atoms with Crippen molar-refractivity contribution in [1.82, 2.24) is 4.98 Å². The van der Waals surface area contributed by atoms with Crippen LogP contribution in [0.1, 0.15) is 0 Å². The second-order valence-corrected chi connectivity index (χ2v) is 4.37. The van der Waals surface area contributed by atoms with Crippen molar-refractivity contribution < 1.29 is 23.4 Å². The Morgan fingerprint density at radius 3 is 2.80 bits per heavy atom. The number of anilines is 1. The molecule has 1 aliphatic heterocycles. The van der Waals surface area contributed by atoms with E-state index in [2.05, 4.69) is 10.3 Å². The van der Waals surface area contributed by atoms with Gasteiger partial charge in [0, 0.05) is 18.1 Å². The number of nitrogens with zero attached hydrogens (tertiary/aromatic N) is 1. The second kappa shape index (κ2) is 5.09. The van der Waals surface area contributed by atoms with Crippen LogP contribution in [0.15, 0.2) is 24.4 Å². The lowest BCUT2D eigenvalue weighted by Crippen LogP contribution is -2.27. The van der Waals surface area contributed by atoms with E-state index in [1.165, 1.54) is 0 Å².